The summed E-state index contributed by atoms with van der Waals surface area (Å²) in [4.78, 5) is 4.05. The molecule has 1 aliphatic rings. The second-order valence-corrected chi connectivity index (χ2v) is 9.63. The maximum absolute atomic E-state index is 12.2. The molecule has 0 bridgehead atoms. The van der Waals surface area contributed by atoms with Crippen LogP contribution >= 0.6 is 0 Å². The monoisotopic (exact) mass is 394 g/mol. The number of benzene rings is 1. The molecular weight excluding hydrogens is 376 g/mol. The summed E-state index contributed by atoms with van der Waals surface area (Å²) in [5, 5.41) is 4.28. The highest BCUT2D eigenvalue weighted by Crippen LogP contribution is 2.34. The second kappa shape index (κ2) is 6.69. The summed E-state index contributed by atoms with van der Waals surface area (Å²) in [6.45, 7) is 0. The minimum absolute atomic E-state index is 0.362. The van der Waals surface area contributed by atoms with Crippen LogP contribution in [0.3, 0.4) is 0 Å². The van der Waals surface area contributed by atoms with Crippen molar-refractivity contribution < 1.29 is 16.8 Å². The van der Waals surface area contributed by atoms with Gasteiger partial charge in [-0.25, -0.2) is 16.8 Å². The Hall–Kier alpha value is -2.46. The van der Waals surface area contributed by atoms with Crippen molar-refractivity contribution in [2.45, 2.75) is 12.5 Å². The number of sulfonamides is 2. The van der Waals surface area contributed by atoms with E-state index in [1.807, 2.05) is 0 Å². The zero-order valence-electron chi connectivity index (χ0n) is 14.2. The van der Waals surface area contributed by atoms with Crippen molar-refractivity contribution in [3.63, 3.8) is 0 Å². The SMILES string of the molecule is CS(=O)(=O)Nc1cccc(C2=NN(S(C)(=O)=O)[C@@H](c3cccnc3)C2)c1. The highest BCUT2D eigenvalue weighted by atomic mass is 32.2. The summed E-state index contributed by atoms with van der Waals surface area (Å²) in [5.41, 5.74) is 2.34. The number of pyridine rings is 1. The lowest BCUT2D eigenvalue weighted by atomic mass is 10.00. The standard InChI is InChI=1S/C16H18N4O4S2/c1-25(21,22)19-14-7-3-5-12(9-14)15-10-16(13-6-4-8-17-11-13)20(18-15)26(2,23)24/h3-9,11,16,19H,10H2,1-2H3/t16-/m1/s1. The minimum Gasteiger partial charge on any atom is -0.284 e. The van der Waals surface area contributed by atoms with Gasteiger partial charge in [-0.05, 0) is 29.3 Å². The molecule has 0 fully saturated rings. The lowest BCUT2D eigenvalue weighted by molar-refractivity contribution is 0.374. The first-order chi connectivity index (χ1) is 12.1. The van der Waals surface area contributed by atoms with E-state index in [9.17, 15) is 16.8 Å². The zero-order valence-corrected chi connectivity index (χ0v) is 15.8. The molecular formula is C16H18N4O4S2. The van der Waals surface area contributed by atoms with E-state index >= 15 is 0 Å². The third kappa shape index (κ3) is 4.20. The Kier molecular flexibility index (Phi) is 4.72. The van der Waals surface area contributed by atoms with Crippen LogP contribution in [0.25, 0.3) is 0 Å². The maximum Gasteiger partial charge on any atom is 0.247 e. The van der Waals surface area contributed by atoms with E-state index in [4.69, 9.17) is 0 Å². The van der Waals surface area contributed by atoms with Crippen molar-refractivity contribution in [3.05, 3.63) is 59.9 Å². The Labute approximate surface area is 152 Å². The third-order valence-electron chi connectivity index (χ3n) is 3.78. The van der Waals surface area contributed by atoms with Crippen LogP contribution < -0.4 is 4.72 Å². The van der Waals surface area contributed by atoms with Crippen LogP contribution in [0, 0.1) is 0 Å². The van der Waals surface area contributed by atoms with Crippen molar-refractivity contribution in [3.8, 4) is 0 Å². The van der Waals surface area contributed by atoms with E-state index < -0.39 is 26.1 Å². The fourth-order valence-electron chi connectivity index (χ4n) is 2.77. The van der Waals surface area contributed by atoms with Crippen LogP contribution in [-0.4, -0.2) is 44.5 Å². The molecule has 2 heterocycles. The molecule has 0 unspecified atom stereocenters. The van der Waals surface area contributed by atoms with Gasteiger partial charge in [0.1, 0.15) is 0 Å². The molecule has 0 spiro atoms. The first-order valence-corrected chi connectivity index (χ1v) is 11.4. The Bertz CT molecular complexity index is 1050. The molecule has 0 saturated carbocycles. The molecule has 138 valence electrons. The third-order valence-corrected chi connectivity index (χ3v) is 5.40. The van der Waals surface area contributed by atoms with Gasteiger partial charge in [0.25, 0.3) is 0 Å². The van der Waals surface area contributed by atoms with Gasteiger partial charge >= 0.3 is 0 Å². The van der Waals surface area contributed by atoms with Crippen LogP contribution in [0.4, 0.5) is 5.69 Å². The number of hydrogen-bond donors (Lipinski definition) is 1. The Balaban J connectivity index is 1.97. The molecule has 0 amide bonds. The normalized spacial score (nSPS) is 17.8. The van der Waals surface area contributed by atoms with Gasteiger partial charge in [0.2, 0.25) is 20.0 Å². The van der Waals surface area contributed by atoms with Gasteiger partial charge in [-0.3, -0.25) is 9.71 Å². The highest BCUT2D eigenvalue weighted by molar-refractivity contribution is 7.92. The molecule has 0 radical (unpaired) electrons. The molecule has 8 nitrogen and oxygen atoms in total. The quantitative estimate of drug-likeness (QED) is 0.828. The average molecular weight is 394 g/mol. The lowest BCUT2D eigenvalue weighted by Gasteiger charge is -2.20. The van der Waals surface area contributed by atoms with Crippen LogP contribution in [0.2, 0.25) is 0 Å². The number of aromatic nitrogens is 1. The number of hydrazone groups is 1. The molecule has 0 aliphatic carbocycles. The van der Waals surface area contributed by atoms with Crippen molar-refractivity contribution in [2.24, 2.45) is 5.10 Å². The molecule has 1 N–H and O–H groups in total. The predicted molar refractivity (Wildman–Crippen MR) is 99.7 cm³/mol. The first-order valence-electron chi connectivity index (χ1n) is 7.68. The van der Waals surface area contributed by atoms with Crippen LogP contribution in [0.1, 0.15) is 23.6 Å². The summed E-state index contributed by atoms with van der Waals surface area (Å²) >= 11 is 0. The summed E-state index contributed by atoms with van der Waals surface area (Å²) < 4.78 is 50.6. The summed E-state index contributed by atoms with van der Waals surface area (Å²) in [6.07, 6.45) is 5.76. The molecule has 1 aliphatic heterocycles. The summed E-state index contributed by atoms with van der Waals surface area (Å²) in [6, 6.07) is 9.76. The van der Waals surface area contributed by atoms with Crippen LogP contribution in [-0.2, 0) is 20.0 Å². The Morgan fingerprint density at radius 2 is 1.88 bits per heavy atom. The van der Waals surface area contributed by atoms with E-state index in [1.54, 1.807) is 48.8 Å². The fourth-order valence-corrected chi connectivity index (χ4v) is 4.23. The van der Waals surface area contributed by atoms with Crippen molar-refractivity contribution >= 4 is 31.4 Å². The van der Waals surface area contributed by atoms with Gasteiger partial charge in [0, 0.05) is 24.5 Å². The van der Waals surface area contributed by atoms with Crippen LogP contribution in [0.15, 0.2) is 53.9 Å². The number of anilines is 1. The maximum atomic E-state index is 12.2. The molecule has 26 heavy (non-hydrogen) atoms. The first kappa shape index (κ1) is 18.3. The number of hydrogen-bond acceptors (Lipinski definition) is 6. The molecule has 2 aromatic rings. The highest BCUT2D eigenvalue weighted by Gasteiger charge is 2.34. The fraction of sp³-hybridized carbons (Fsp3) is 0.250. The van der Waals surface area contributed by atoms with Gasteiger partial charge in [-0.15, -0.1) is 0 Å². The van der Waals surface area contributed by atoms with Crippen LogP contribution in [0.5, 0.6) is 0 Å². The molecule has 3 rings (SSSR count). The minimum atomic E-state index is -3.57. The van der Waals surface area contributed by atoms with Crippen molar-refractivity contribution in [1.82, 2.24) is 9.40 Å². The molecule has 1 aromatic heterocycles. The topological polar surface area (TPSA) is 109 Å². The number of nitrogens with zero attached hydrogens (tertiary/aromatic N) is 3. The van der Waals surface area contributed by atoms with E-state index in [0.717, 1.165) is 22.5 Å². The Morgan fingerprint density at radius 3 is 2.50 bits per heavy atom. The zero-order chi connectivity index (χ0) is 18.9. The Morgan fingerprint density at radius 1 is 1.12 bits per heavy atom. The predicted octanol–water partition coefficient (Wildman–Crippen LogP) is 1.56. The average Bonchev–Trinajstić information content (AvgIpc) is 3.00. The van der Waals surface area contributed by atoms with E-state index in [1.165, 1.54) is 0 Å². The number of nitrogens with one attached hydrogen (secondary N) is 1. The lowest BCUT2D eigenvalue weighted by Crippen LogP contribution is -2.25. The van der Waals surface area contributed by atoms with Crippen molar-refractivity contribution in [1.29, 1.82) is 0 Å². The van der Waals surface area contributed by atoms with E-state index in [2.05, 4.69) is 14.8 Å². The smallest absolute Gasteiger partial charge is 0.247 e. The van der Waals surface area contributed by atoms with Gasteiger partial charge in [0.15, 0.2) is 0 Å². The van der Waals surface area contributed by atoms with Gasteiger partial charge in [0.05, 0.1) is 24.3 Å². The molecule has 0 saturated heterocycles. The second-order valence-electron chi connectivity index (χ2n) is 6.04. The largest absolute Gasteiger partial charge is 0.284 e. The van der Waals surface area contributed by atoms with Gasteiger partial charge in [-0.1, -0.05) is 18.2 Å². The van der Waals surface area contributed by atoms with E-state index in [-0.39, 0.29) is 0 Å². The van der Waals surface area contributed by atoms with Gasteiger partial charge < -0.3 is 0 Å². The molecule has 1 atom stereocenters. The number of rotatable bonds is 5. The summed E-state index contributed by atoms with van der Waals surface area (Å²) in [5.74, 6) is 0. The van der Waals surface area contributed by atoms with Crippen molar-refractivity contribution in [2.75, 3.05) is 17.2 Å². The molecule has 1 aromatic carbocycles. The van der Waals surface area contributed by atoms with Gasteiger partial charge in [-0.2, -0.15) is 9.52 Å². The molecule has 10 heteroatoms. The van der Waals surface area contributed by atoms with E-state index in [0.29, 0.717) is 23.4 Å². The summed E-state index contributed by atoms with van der Waals surface area (Å²) in [7, 11) is -6.98.